The lowest BCUT2D eigenvalue weighted by atomic mass is 10.2. The van der Waals surface area contributed by atoms with Crippen LogP contribution in [-0.4, -0.2) is 25.8 Å². The van der Waals surface area contributed by atoms with Gasteiger partial charge in [-0.25, -0.2) is 15.0 Å². The van der Waals surface area contributed by atoms with Gasteiger partial charge in [-0.3, -0.25) is 0 Å². The van der Waals surface area contributed by atoms with E-state index in [0.29, 0.717) is 5.82 Å². The minimum atomic E-state index is 0. The van der Waals surface area contributed by atoms with Gasteiger partial charge in [0.2, 0.25) is 0 Å². The van der Waals surface area contributed by atoms with Crippen LogP contribution in [0.2, 0.25) is 0 Å². The Balaban J connectivity index is 0.00000133. The Kier molecular flexibility index (Phi) is 4.41. The number of imidazole rings is 1. The highest BCUT2D eigenvalue weighted by Gasteiger charge is 2.18. The number of fused-ring (bicyclic) bond motifs is 1. The second-order valence-corrected chi connectivity index (χ2v) is 4.75. The van der Waals surface area contributed by atoms with Crippen LogP contribution < -0.4 is 0 Å². The first-order valence-corrected chi connectivity index (χ1v) is 6.80. The van der Waals surface area contributed by atoms with Crippen LogP contribution in [0.4, 0.5) is 0 Å². The van der Waals surface area contributed by atoms with Crippen LogP contribution in [-0.2, 0) is 7.05 Å². The van der Waals surface area contributed by atoms with Crippen molar-refractivity contribution in [2.24, 2.45) is 7.05 Å². The third kappa shape index (κ3) is 2.59. The zero-order chi connectivity index (χ0) is 12.5. The summed E-state index contributed by atoms with van der Waals surface area (Å²) in [6.45, 7) is 0. The summed E-state index contributed by atoms with van der Waals surface area (Å²) in [5.41, 5.74) is 1.89. The summed E-state index contributed by atoms with van der Waals surface area (Å²) >= 11 is 1.65. The average Bonchev–Trinajstić information content (AvgIpc) is 2.84. The summed E-state index contributed by atoms with van der Waals surface area (Å²) in [6, 6.07) is 9.97. The van der Waals surface area contributed by atoms with Crippen molar-refractivity contribution in [2.45, 2.75) is 5.03 Å². The molecule has 3 rings (SSSR count). The molecular weight excluding hydrogens is 371 g/mol. The zero-order valence-corrected chi connectivity index (χ0v) is 13.7. The fourth-order valence-electron chi connectivity index (χ4n) is 1.89. The molecule has 2 heterocycles. The van der Waals surface area contributed by atoms with E-state index >= 15 is 0 Å². The van der Waals surface area contributed by atoms with Crippen molar-refractivity contribution in [1.29, 1.82) is 0 Å². The normalized spacial score (nSPS) is 10.4. The first-order valence-electron chi connectivity index (χ1n) is 5.58. The third-order valence-corrected chi connectivity index (χ3v) is 3.61. The summed E-state index contributed by atoms with van der Waals surface area (Å²) in [5.74, 6) is 1.44. The van der Waals surface area contributed by atoms with Crippen molar-refractivity contribution in [3.63, 3.8) is 0 Å². The Labute approximate surface area is 133 Å². The summed E-state index contributed by atoms with van der Waals surface area (Å²) in [5, 5.41) is 1.08. The minimum Gasteiger partial charge on any atom is -0.328 e. The maximum atomic E-state index is 4.60. The Morgan fingerprint density at radius 1 is 1.05 bits per heavy atom. The van der Waals surface area contributed by atoms with Gasteiger partial charge < -0.3 is 4.57 Å². The van der Waals surface area contributed by atoms with E-state index in [4.69, 9.17) is 0 Å². The molecular formula is C13H13IN4S. The van der Waals surface area contributed by atoms with E-state index in [1.54, 1.807) is 18.1 Å². The summed E-state index contributed by atoms with van der Waals surface area (Å²) in [6.07, 6.45) is 3.81. The fourth-order valence-corrected chi connectivity index (χ4v) is 2.55. The fraction of sp³-hybridized carbons (Fsp3) is 0.154. The van der Waals surface area contributed by atoms with Gasteiger partial charge in [-0.05, 0) is 6.26 Å². The second-order valence-electron chi connectivity index (χ2n) is 3.95. The van der Waals surface area contributed by atoms with E-state index in [1.165, 1.54) is 0 Å². The lowest BCUT2D eigenvalue weighted by molar-refractivity contribution is 0.766. The smallest absolute Gasteiger partial charge is 0.184 e. The molecule has 0 fully saturated rings. The molecule has 0 saturated carbocycles. The van der Waals surface area contributed by atoms with E-state index in [2.05, 4.69) is 15.0 Å². The molecule has 0 unspecified atom stereocenters. The molecule has 4 nitrogen and oxygen atoms in total. The molecule has 98 valence electrons. The Morgan fingerprint density at radius 3 is 2.47 bits per heavy atom. The molecule has 0 radical (unpaired) electrons. The van der Waals surface area contributed by atoms with E-state index in [1.807, 2.05) is 48.2 Å². The van der Waals surface area contributed by atoms with Crippen LogP contribution in [0, 0.1) is 0 Å². The van der Waals surface area contributed by atoms with Crippen LogP contribution in [0.1, 0.15) is 0 Å². The van der Waals surface area contributed by atoms with E-state index < -0.39 is 0 Å². The van der Waals surface area contributed by atoms with Gasteiger partial charge >= 0.3 is 0 Å². The van der Waals surface area contributed by atoms with Gasteiger partial charge in [0, 0.05) is 12.6 Å². The Morgan fingerprint density at radius 2 is 1.79 bits per heavy atom. The van der Waals surface area contributed by atoms with Gasteiger partial charge in [0.1, 0.15) is 10.7 Å². The number of hydrogen-bond acceptors (Lipinski definition) is 4. The molecule has 0 aliphatic carbocycles. The van der Waals surface area contributed by atoms with Crippen LogP contribution in [0.5, 0.6) is 0 Å². The zero-order valence-electron chi connectivity index (χ0n) is 10.6. The van der Waals surface area contributed by atoms with Crippen LogP contribution >= 0.6 is 35.7 Å². The number of thioether (sulfide) groups is 1. The number of benzene rings is 1. The molecule has 0 aromatic heterocycles. The van der Waals surface area contributed by atoms with Crippen molar-refractivity contribution < 1.29 is 0 Å². The Bertz CT molecular complexity index is 653. The van der Waals surface area contributed by atoms with Gasteiger partial charge in [0.25, 0.3) is 0 Å². The summed E-state index contributed by atoms with van der Waals surface area (Å²) < 4.78 is 1.97. The molecule has 0 bridgehead atoms. The molecule has 2 aliphatic heterocycles. The van der Waals surface area contributed by atoms with Crippen LogP contribution in [0.25, 0.3) is 22.9 Å². The highest BCUT2D eigenvalue weighted by Crippen LogP contribution is 2.30. The molecule has 0 saturated heterocycles. The van der Waals surface area contributed by atoms with Crippen molar-refractivity contribution in [3.05, 3.63) is 36.7 Å². The van der Waals surface area contributed by atoms with Gasteiger partial charge in [0.15, 0.2) is 11.6 Å². The molecule has 1 aromatic carbocycles. The number of rotatable bonds is 2. The molecule has 19 heavy (non-hydrogen) atoms. The average molecular weight is 384 g/mol. The number of hydrogen-bond donors (Lipinski definition) is 0. The SMILES string of the molecule is CSc1c2nc(-c3ccccc3)nc-2ncn1C.I. The van der Waals surface area contributed by atoms with Crippen LogP contribution in [0.15, 0.2) is 41.7 Å². The predicted molar refractivity (Wildman–Crippen MR) is 88.1 cm³/mol. The van der Waals surface area contributed by atoms with E-state index in [9.17, 15) is 0 Å². The van der Waals surface area contributed by atoms with E-state index in [0.717, 1.165) is 22.1 Å². The molecule has 0 atom stereocenters. The maximum absolute atomic E-state index is 4.60. The van der Waals surface area contributed by atoms with Crippen molar-refractivity contribution in [2.75, 3.05) is 6.26 Å². The molecule has 2 aliphatic rings. The third-order valence-electron chi connectivity index (χ3n) is 2.74. The predicted octanol–water partition coefficient (Wildman–Crippen LogP) is 3.32. The number of halogens is 1. The van der Waals surface area contributed by atoms with Gasteiger partial charge in [-0.1, -0.05) is 30.3 Å². The first kappa shape index (κ1) is 14.3. The maximum Gasteiger partial charge on any atom is 0.184 e. The van der Waals surface area contributed by atoms with Crippen molar-refractivity contribution in [1.82, 2.24) is 19.5 Å². The molecule has 0 N–H and O–H groups in total. The monoisotopic (exact) mass is 384 g/mol. The largest absolute Gasteiger partial charge is 0.328 e. The van der Waals surface area contributed by atoms with E-state index in [-0.39, 0.29) is 24.0 Å². The van der Waals surface area contributed by atoms with Crippen LogP contribution in [0.3, 0.4) is 0 Å². The summed E-state index contributed by atoms with van der Waals surface area (Å²) in [4.78, 5) is 13.4. The highest BCUT2D eigenvalue weighted by molar-refractivity contribution is 14.0. The minimum absolute atomic E-state index is 0. The van der Waals surface area contributed by atoms with Crippen molar-refractivity contribution >= 4 is 35.7 Å². The highest BCUT2D eigenvalue weighted by atomic mass is 127. The first-order chi connectivity index (χ1) is 8.79. The number of aromatic nitrogens is 4. The lowest BCUT2D eigenvalue weighted by Gasteiger charge is -2.07. The molecule has 1 aromatic rings. The molecule has 6 heteroatoms. The van der Waals surface area contributed by atoms with Crippen molar-refractivity contribution in [3.8, 4) is 22.9 Å². The van der Waals surface area contributed by atoms with Gasteiger partial charge in [0.05, 0.1) is 6.33 Å². The molecule has 0 spiro atoms. The quantitative estimate of drug-likeness (QED) is 0.386. The number of aryl methyl sites for hydroxylation is 1. The number of nitrogens with zero attached hydrogens (tertiary/aromatic N) is 4. The van der Waals surface area contributed by atoms with Gasteiger partial charge in [-0.2, -0.15) is 0 Å². The summed E-state index contributed by atoms with van der Waals surface area (Å²) in [7, 11) is 1.97. The second kappa shape index (κ2) is 5.87. The standard InChI is InChI=1S/C13H12N4S.HI/c1-17-8-14-12-10(13(17)18-2)15-11(16-12)9-6-4-3-5-7-9;/h3-8H,1-2H3;1H. The lowest BCUT2D eigenvalue weighted by Crippen LogP contribution is -2.00. The molecule has 0 amide bonds. The van der Waals surface area contributed by atoms with Gasteiger partial charge in [-0.15, -0.1) is 35.7 Å². The topological polar surface area (TPSA) is 43.6 Å². The Hall–Kier alpha value is -1.15.